The van der Waals surface area contributed by atoms with E-state index in [9.17, 15) is 4.79 Å². The molecule has 2 aromatic heterocycles. The maximum absolute atomic E-state index is 11.8. The van der Waals surface area contributed by atoms with Gasteiger partial charge < -0.3 is 19.7 Å². The fraction of sp³-hybridized carbons (Fsp3) is 0.400. The van der Waals surface area contributed by atoms with Crippen LogP contribution in [0.25, 0.3) is 11.1 Å². The first kappa shape index (κ1) is 23.0. The molecule has 33 heavy (non-hydrogen) atoms. The standard InChI is InChI=1S/C25H30N4O3S/c1-2-31-22-6-3-20(4-7-22)21-5-8-24(28-15-21)29-13-10-19(11-14-29)9-12-27-25(30)32-17-23-16-26-18-33-23/h3-8,15-16,18-19H,2,9-14,17H2,1H3,(H,27,30). The molecule has 1 saturated heterocycles. The SMILES string of the molecule is CCOc1ccc(-c2ccc(N3CCC(CCNC(=O)OCc4cncs4)CC3)nc2)cc1. The Morgan fingerprint density at radius 3 is 2.58 bits per heavy atom. The number of thiazole rings is 1. The molecule has 8 heteroatoms. The Bertz CT molecular complexity index is 986. The number of alkyl carbamates (subject to hydrolysis) is 1. The van der Waals surface area contributed by atoms with E-state index < -0.39 is 0 Å². The third-order valence-corrected chi connectivity index (χ3v) is 6.59. The van der Waals surface area contributed by atoms with Crippen LogP contribution in [0.1, 0.15) is 31.1 Å². The molecular weight excluding hydrogens is 436 g/mol. The molecule has 3 aromatic rings. The minimum atomic E-state index is -0.363. The summed E-state index contributed by atoms with van der Waals surface area (Å²) in [5.74, 6) is 2.51. The van der Waals surface area contributed by atoms with Gasteiger partial charge in [0.05, 0.1) is 17.0 Å². The number of pyridine rings is 1. The molecule has 1 amide bonds. The Kier molecular flexibility index (Phi) is 8.14. The summed E-state index contributed by atoms with van der Waals surface area (Å²) in [6, 6.07) is 12.4. The lowest BCUT2D eigenvalue weighted by Crippen LogP contribution is -2.35. The van der Waals surface area contributed by atoms with Crippen molar-refractivity contribution < 1.29 is 14.3 Å². The number of hydrogen-bond donors (Lipinski definition) is 1. The summed E-state index contributed by atoms with van der Waals surface area (Å²) in [5.41, 5.74) is 3.97. The number of nitrogens with one attached hydrogen (secondary N) is 1. The van der Waals surface area contributed by atoms with E-state index in [1.807, 2.05) is 25.3 Å². The van der Waals surface area contributed by atoms with Crippen molar-refractivity contribution in [3.05, 3.63) is 59.2 Å². The molecule has 7 nitrogen and oxygen atoms in total. The summed E-state index contributed by atoms with van der Waals surface area (Å²) in [7, 11) is 0. The molecular formula is C25H30N4O3S. The molecule has 174 valence electrons. The van der Waals surface area contributed by atoms with Crippen LogP contribution in [0.15, 0.2) is 54.3 Å². The van der Waals surface area contributed by atoms with Crippen LogP contribution >= 0.6 is 11.3 Å². The van der Waals surface area contributed by atoms with Gasteiger partial charge in [0.15, 0.2) is 0 Å². The lowest BCUT2D eigenvalue weighted by Gasteiger charge is -2.33. The topological polar surface area (TPSA) is 76.6 Å². The Labute approximate surface area is 198 Å². The third-order valence-electron chi connectivity index (χ3n) is 5.84. The van der Waals surface area contributed by atoms with Crippen molar-refractivity contribution >= 4 is 23.2 Å². The Morgan fingerprint density at radius 2 is 1.91 bits per heavy atom. The number of nitrogens with zero attached hydrogens (tertiary/aromatic N) is 3. The number of ether oxygens (including phenoxy) is 2. The van der Waals surface area contributed by atoms with Crippen LogP contribution in [0.5, 0.6) is 5.75 Å². The summed E-state index contributed by atoms with van der Waals surface area (Å²) in [6.45, 7) is 5.54. The van der Waals surface area contributed by atoms with Crippen LogP contribution in [0.4, 0.5) is 10.6 Å². The number of carbonyl (C=O) groups excluding carboxylic acids is 1. The van der Waals surface area contributed by atoms with Crippen LogP contribution in [0.2, 0.25) is 0 Å². The van der Waals surface area contributed by atoms with Gasteiger partial charge in [0.2, 0.25) is 0 Å². The zero-order valence-electron chi connectivity index (χ0n) is 18.9. The third kappa shape index (κ3) is 6.68. The maximum Gasteiger partial charge on any atom is 0.407 e. The average Bonchev–Trinajstić information content (AvgIpc) is 3.38. The van der Waals surface area contributed by atoms with Crippen molar-refractivity contribution in [3.8, 4) is 16.9 Å². The molecule has 0 atom stereocenters. The number of rotatable bonds is 9. The normalized spacial score (nSPS) is 14.2. The number of aromatic nitrogens is 2. The van der Waals surface area contributed by atoms with Gasteiger partial charge >= 0.3 is 6.09 Å². The van der Waals surface area contributed by atoms with Gasteiger partial charge in [-0.2, -0.15) is 0 Å². The van der Waals surface area contributed by atoms with E-state index in [1.165, 1.54) is 11.3 Å². The molecule has 0 spiro atoms. The quantitative estimate of drug-likeness (QED) is 0.471. The van der Waals surface area contributed by atoms with E-state index in [2.05, 4.69) is 39.5 Å². The van der Waals surface area contributed by atoms with Crippen LogP contribution in [0, 0.1) is 5.92 Å². The van der Waals surface area contributed by atoms with E-state index in [0.717, 1.165) is 59.9 Å². The first-order chi connectivity index (χ1) is 16.2. The predicted molar refractivity (Wildman–Crippen MR) is 131 cm³/mol. The largest absolute Gasteiger partial charge is 0.494 e. The van der Waals surface area contributed by atoms with E-state index >= 15 is 0 Å². The smallest absolute Gasteiger partial charge is 0.407 e. The number of carbonyl (C=O) groups is 1. The molecule has 3 heterocycles. The van der Waals surface area contributed by atoms with Crippen molar-refractivity contribution in [3.63, 3.8) is 0 Å². The summed E-state index contributed by atoms with van der Waals surface area (Å²) in [5, 5.41) is 2.86. The van der Waals surface area contributed by atoms with Gasteiger partial charge in [0.25, 0.3) is 0 Å². The van der Waals surface area contributed by atoms with Crippen molar-refractivity contribution in [2.45, 2.75) is 32.8 Å². The minimum Gasteiger partial charge on any atom is -0.494 e. The first-order valence-electron chi connectivity index (χ1n) is 11.4. The second-order valence-corrected chi connectivity index (χ2v) is 9.02. The van der Waals surface area contributed by atoms with Gasteiger partial charge in [0, 0.05) is 37.6 Å². The van der Waals surface area contributed by atoms with E-state index in [4.69, 9.17) is 14.5 Å². The Hall–Kier alpha value is -3.13. The monoisotopic (exact) mass is 466 g/mol. The number of benzene rings is 1. The molecule has 0 radical (unpaired) electrons. The molecule has 0 saturated carbocycles. The Morgan fingerprint density at radius 1 is 1.12 bits per heavy atom. The van der Waals surface area contributed by atoms with Gasteiger partial charge in [-0.3, -0.25) is 4.98 Å². The fourth-order valence-corrected chi connectivity index (χ4v) is 4.49. The summed E-state index contributed by atoms with van der Waals surface area (Å²) < 4.78 is 10.7. The average molecular weight is 467 g/mol. The maximum atomic E-state index is 11.8. The van der Waals surface area contributed by atoms with Crippen LogP contribution in [-0.2, 0) is 11.3 Å². The van der Waals surface area contributed by atoms with Gasteiger partial charge in [-0.25, -0.2) is 9.78 Å². The van der Waals surface area contributed by atoms with Gasteiger partial charge in [0.1, 0.15) is 18.2 Å². The molecule has 1 aliphatic heterocycles. The molecule has 1 aliphatic rings. The highest BCUT2D eigenvalue weighted by atomic mass is 32.1. The molecule has 1 aromatic carbocycles. The second-order valence-electron chi connectivity index (χ2n) is 8.05. The number of hydrogen-bond acceptors (Lipinski definition) is 7. The van der Waals surface area contributed by atoms with Crippen LogP contribution < -0.4 is 15.0 Å². The van der Waals surface area contributed by atoms with Crippen molar-refractivity contribution in [2.75, 3.05) is 31.1 Å². The highest BCUT2D eigenvalue weighted by molar-refractivity contribution is 7.09. The zero-order chi connectivity index (χ0) is 22.9. The number of amides is 1. The lowest BCUT2D eigenvalue weighted by molar-refractivity contribution is 0.140. The molecule has 0 aliphatic carbocycles. The van der Waals surface area contributed by atoms with Crippen molar-refractivity contribution in [1.29, 1.82) is 0 Å². The molecule has 0 unspecified atom stereocenters. The summed E-state index contributed by atoms with van der Waals surface area (Å²) in [6.07, 6.45) is 6.46. The Balaban J connectivity index is 1.17. The minimum absolute atomic E-state index is 0.277. The number of piperidine rings is 1. The highest BCUT2D eigenvalue weighted by Crippen LogP contribution is 2.27. The van der Waals surface area contributed by atoms with Gasteiger partial charge in [-0.05, 0) is 61.9 Å². The highest BCUT2D eigenvalue weighted by Gasteiger charge is 2.20. The van der Waals surface area contributed by atoms with E-state index in [0.29, 0.717) is 19.1 Å². The summed E-state index contributed by atoms with van der Waals surface area (Å²) >= 11 is 1.48. The fourth-order valence-electron chi connectivity index (χ4n) is 3.98. The molecule has 1 fully saturated rings. The molecule has 0 bridgehead atoms. The summed E-state index contributed by atoms with van der Waals surface area (Å²) in [4.78, 5) is 23.8. The second kappa shape index (κ2) is 11.7. The zero-order valence-corrected chi connectivity index (χ0v) is 19.7. The van der Waals surface area contributed by atoms with Gasteiger partial charge in [-0.15, -0.1) is 11.3 Å². The first-order valence-corrected chi connectivity index (χ1v) is 12.3. The van der Waals surface area contributed by atoms with E-state index in [-0.39, 0.29) is 12.7 Å². The molecule has 1 N–H and O–H groups in total. The van der Waals surface area contributed by atoms with Crippen molar-refractivity contribution in [1.82, 2.24) is 15.3 Å². The van der Waals surface area contributed by atoms with E-state index in [1.54, 1.807) is 11.7 Å². The number of anilines is 1. The van der Waals surface area contributed by atoms with Crippen molar-refractivity contribution in [2.24, 2.45) is 5.92 Å². The lowest BCUT2D eigenvalue weighted by atomic mass is 9.93. The van der Waals surface area contributed by atoms with Crippen LogP contribution in [-0.4, -0.2) is 42.3 Å². The molecule has 4 rings (SSSR count). The van der Waals surface area contributed by atoms with Gasteiger partial charge in [-0.1, -0.05) is 12.1 Å². The van der Waals surface area contributed by atoms with Crippen LogP contribution in [0.3, 0.4) is 0 Å². The predicted octanol–water partition coefficient (Wildman–Crippen LogP) is 5.14.